The predicted octanol–water partition coefficient (Wildman–Crippen LogP) is 1.44. The number of hydrogen-bond acceptors (Lipinski definition) is 5. The summed E-state index contributed by atoms with van der Waals surface area (Å²) in [5.41, 5.74) is 0. The van der Waals surface area contributed by atoms with Gasteiger partial charge in [0.1, 0.15) is 4.92 Å². The number of rotatable bonds is 2. The van der Waals surface area contributed by atoms with E-state index < -0.39 is 10.8 Å². The third-order valence-electron chi connectivity index (χ3n) is 2.69. The summed E-state index contributed by atoms with van der Waals surface area (Å²) in [5, 5.41) is 10.5. The molecule has 98 valence electrons. The number of furan rings is 1. The van der Waals surface area contributed by atoms with E-state index in [2.05, 4.69) is 0 Å². The quantitative estimate of drug-likeness (QED) is 0.588. The van der Waals surface area contributed by atoms with Crippen LogP contribution in [0.15, 0.2) is 16.5 Å². The first-order valence-corrected chi connectivity index (χ1v) is 5.66. The van der Waals surface area contributed by atoms with Crippen LogP contribution in [-0.4, -0.2) is 41.0 Å². The number of ether oxygens (including phenoxy) is 1. The molecule has 1 saturated heterocycles. The molecule has 1 fully saturated rings. The van der Waals surface area contributed by atoms with Gasteiger partial charge in [-0.3, -0.25) is 14.9 Å². The Bertz CT molecular complexity index is 460. The number of morpholine rings is 1. The molecule has 0 aliphatic carbocycles. The highest BCUT2D eigenvalue weighted by Crippen LogP contribution is 2.19. The molecule has 1 aliphatic heterocycles. The molecule has 1 amide bonds. The lowest BCUT2D eigenvalue weighted by Crippen LogP contribution is -2.48. The van der Waals surface area contributed by atoms with E-state index in [1.165, 1.54) is 12.1 Å². The van der Waals surface area contributed by atoms with Gasteiger partial charge in [-0.05, 0) is 19.9 Å². The SMILES string of the molecule is CC1CN(C(=O)c2ccc([N+](=O)[O-])o2)CC(C)O1. The smallest absolute Gasteiger partial charge is 0.395 e. The minimum atomic E-state index is -0.665. The number of carbonyl (C=O) groups excluding carboxylic acids is 1. The van der Waals surface area contributed by atoms with Crippen LogP contribution in [0.1, 0.15) is 24.4 Å². The highest BCUT2D eigenvalue weighted by molar-refractivity contribution is 5.91. The van der Waals surface area contributed by atoms with Gasteiger partial charge in [0.15, 0.2) is 5.76 Å². The molecule has 2 unspecified atom stereocenters. The van der Waals surface area contributed by atoms with Crippen LogP contribution in [0.5, 0.6) is 0 Å². The molecule has 1 aliphatic rings. The van der Waals surface area contributed by atoms with Crippen molar-refractivity contribution in [3.63, 3.8) is 0 Å². The second kappa shape index (κ2) is 4.77. The summed E-state index contributed by atoms with van der Waals surface area (Å²) < 4.78 is 10.4. The molecule has 7 heteroatoms. The fourth-order valence-electron chi connectivity index (χ4n) is 2.04. The van der Waals surface area contributed by atoms with Gasteiger partial charge in [-0.1, -0.05) is 0 Å². The van der Waals surface area contributed by atoms with Crippen LogP contribution >= 0.6 is 0 Å². The third-order valence-corrected chi connectivity index (χ3v) is 2.69. The molecule has 2 atom stereocenters. The molecular formula is C11H14N2O5. The van der Waals surface area contributed by atoms with Crippen molar-refractivity contribution in [3.05, 3.63) is 28.0 Å². The number of nitro groups is 1. The summed E-state index contributed by atoms with van der Waals surface area (Å²) in [6, 6.07) is 2.51. The zero-order valence-electron chi connectivity index (χ0n) is 10.2. The second-order valence-electron chi connectivity index (χ2n) is 4.36. The largest absolute Gasteiger partial charge is 0.433 e. The van der Waals surface area contributed by atoms with E-state index in [9.17, 15) is 14.9 Å². The molecule has 1 aromatic heterocycles. The minimum Gasteiger partial charge on any atom is -0.395 e. The lowest BCUT2D eigenvalue weighted by molar-refractivity contribution is -0.402. The Balaban J connectivity index is 2.12. The Labute approximate surface area is 103 Å². The molecule has 0 radical (unpaired) electrons. The number of amides is 1. The van der Waals surface area contributed by atoms with Crippen LogP contribution in [0.2, 0.25) is 0 Å². The first-order chi connectivity index (χ1) is 8.47. The van der Waals surface area contributed by atoms with E-state index in [0.717, 1.165) is 0 Å². The van der Waals surface area contributed by atoms with Crippen molar-refractivity contribution >= 4 is 11.8 Å². The lowest BCUT2D eigenvalue weighted by Gasteiger charge is -2.34. The van der Waals surface area contributed by atoms with Gasteiger partial charge in [-0.25, -0.2) is 0 Å². The molecule has 0 spiro atoms. The summed E-state index contributed by atoms with van der Waals surface area (Å²) in [5.74, 6) is -0.777. The zero-order chi connectivity index (χ0) is 13.3. The second-order valence-corrected chi connectivity index (χ2v) is 4.36. The molecule has 2 rings (SSSR count). The lowest BCUT2D eigenvalue weighted by atomic mass is 10.2. The average molecular weight is 254 g/mol. The summed E-state index contributed by atoms with van der Waals surface area (Å²) >= 11 is 0. The van der Waals surface area contributed by atoms with Crippen LogP contribution in [0.3, 0.4) is 0 Å². The molecule has 2 heterocycles. The van der Waals surface area contributed by atoms with E-state index in [4.69, 9.17) is 9.15 Å². The van der Waals surface area contributed by atoms with Gasteiger partial charge in [-0.2, -0.15) is 0 Å². The van der Waals surface area contributed by atoms with Crippen LogP contribution in [0.25, 0.3) is 0 Å². The topological polar surface area (TPSA) is 85.8 Å². The van der Waals surface area contributed by atoms with Crippen molar-refractivity contribution in [2.24, 2.45) is 0 Å². The molecule has 0 bridgehead atoms. The number of nitrogens with zero attached hydrogens (tertiary/aromatic N) is 2. The Hall–Kier alpha value is -1.89. The third kappa shape index (κ3) is 2.51. The van der Waals surface area contributed by atoms with E-state index >= 15 is 0 Å². The van der Waals surface area contributed by atoms with Gasteiger partial charge < -0.3 is 14.1 Å². The summed E-state index contributed by atoms with van der Waals surface area (Å²) in [6.45, 7) is 4.66. The zero-order valence-corrected chi connectivity index (χ0v) is 10.2. The van der Waals surface area contributed by atoms with Crippen molar-refractivity contribution in [2.75, 3.05) is 13.1 Å². The maximum absolute atomic E-state index is 12.1. The van der Waals surface area contributed by atoms with E-state index in [-0.39, 0.29) is 23.9 Å². The van der Waals surface area contributed by atoms with Crippen LogP contribution in [0, 0.1) is 10.1 Å². The first kappa shape index (κ1) is 12.6. The van der Waals surface area contributed by atoms with Crippen LogP contribution in [0.4, 0.5) is 5.88 Å². The van der Waals surface area contributed by atoms with Crippen molar-refractivity contribution < 1.29 is 18.9 Å². The van der Waals surface area contributed by atoms with E-state index in [1.54, 1.807) is 4.90 Å². The fourth-order valence-corrected chi connectivity index (χ4v) is 2.04. The van der Waals surface area contributed by atoms with Crippen LogP contribution < -0.4 is 0 Å². The highest BCUT2D eigenvalue weighted by atomic mass is 16.6. The van der Waals surface area contributed by atoms with Crippen molar-refractivity contribution in [1.29, 1.82) is 0 Å². The Kier molecular flexibility index (Phi) is 3.33. The molecule has 0 aromatic carbocycles. The Morgan fingerprint density at radius 1 is 1.39 bits per heavy atom. The average Bonchev–Trinajstić information content (AvgIpc) is 2.75. The Morgan fingerprint density at radius 2 is 2.00 bits per heavy atom. The van der Waals surface area contributed by atoms with E-state index in [0.29, 0.717) is 13.1 Å². The summed E-state index contributed by atoms with van der Waals surface area (Å²) in [4.78, 5) is 23.5. The van der Waals surface area contributed by atoms with Gasteiger partial charge in [0.25, 0.3) is 5.91 Å². The molecule has 1 aromatic rings. The van der Waals surface area contributed by atoms with Gasteiger partial charge in [0.2, 0.25) is 0 Å². The maximum Gasteiger partial charge on any atom is 0.433 e. The highest BCUT2D eigenvalue weighted by Gasteiger charge is 2.29. The van der Waals surface area contributed by atoms with E-state index in [1.807, 2.05) is 13.8 Å². The molecule has 0 saturated carbocycles. The van der Waals surface area contributed by atoms with Gasteiger partial charge in [-0.15, -0.1) is 0 Å². The van der Waals surface area contributed by atoms with Gasteiger partial charge in [0.05, 0.1) is 18.3 Å². The Morgan fingerprint density at radius 3 is 2.50 bits per heavy atom. The minimum absolute atomic E-state index is 0.0111. The van der Waals surface area contributed by atoms with Gasteiger partial charge in [0, 0.05) is 13.1 Å². The molecule has 18 heavy (non-hydrogen) atoms. The first-order valence-electron chi connectivity index (χ1n) is 5.66. The van der Waals surface area contributed by atoms with Gasteiger partial charge >= 0.3 is 5.88 Å². The fraction of sp³-hybridized carbons (Fsp3) is 0.545. The standard InChI is InChI=1S/C11H14N2O5/c1-7-5-12(6-8(2)17-7)11(14)9-3-4-10(18-9)13(15)16/h3-4,7-8H,5-6H2,1-2H3. The monoisotopic (exact) mass is 254 g/mol. The molecule has 0 N–H and O–H groups in total. The normalized spacial score (nSPS) is 24.0. The number of carbonyl (C=O) groups is 1. The van der Waals surface area contributed by atoms with Crippen molar-refractivity contribution in [1.82, 2.24) is 4.90 Å². The summed E-state index contributed by atoms with van der Waals surface area (Å²) in [7, 11) is 0. The maximum atomic E-state index is 12.1. The van der Waals surface area contributed by atoms with Crippen molar-refractivity contribution in [2.45, 2.75) is 26.1 Å². The predicted molar refractivity (Wildman–Crippen MR) is 61.3 cm³/mol. The van der Waals surface area contributed by atoms with Crippen molar-refractivity contribution in [3.8, 4) is 0 Å². The molecule has 7 nitrogen and oxygen atoms in total. The number of hydrogen-bond donors (Lipinski definition) is 0. The van der Waals surface area contributed by atoms with Crippen LogP contribution in [-0.2, 0) is 4.74 Å². The molecular weight excluding hydrogens is 240 g/mol. The summed E-state index contributed by atoms with van der Waals surface area (Å²) in [6.07, 6.45) is -0.106.